The number of likely N-dealkylation sites (N-methyl/N-ethyl adjacent to an activating group) is 1. The van der Waals surface area contributed by atoms with Crippen molar-refractivity contribution in [1.29, 1.82) is 0 Å². The van der Waals surface area contributed by atoms with Gasteiger partial charge in [-0.1, -0.05) is 43.7 Å². The first-order valence-electron chi connectivity index (χ1n) is 6.89. The first-order chi connectivity index (χ1) is 9.13. The molecule has 1 aromatic carbocycles. The number of nitrogens with two attached hydrogens (primary N) is 1. The third kappa shape index (κ3) is 6.36. The minimum atomic E-state index is -0.371. The van der Waals surface area contributed by atoms with Crippen molar-refractivity contribution in [3.05, 3.63) is 35.9 Å². The number of nitrogens with one attached hydrogen (secondary N) is 1. The van der Waals surface area contributed by atoms with Gasteiger partial charge in [-0.3, -0.25) is 4.79 Å². The number of rotatable bonds is 8. The minimum Gasteiger partial charge on any atom is -0.353 e. The van der Waals surface area contributed by atoms with E-state index in [0.717, 1.165) is 25.9 Å². The van der Waals surface area contributed by atoms with Gasteiger partial charge < -0.3 is 16.0 Å². The number of carbonyl (C=O) groups is 1. The molecule has 1 rings (SSSR count). The molecule has 3 N–H and O–H groups in total. The summed E-state index contributed by atoms with van der Waals surface area (Å²) in [5.74, 6) is -0.0463. The fourth-order valence-electron chi connectivity index (χ4n) is 1.92. The van der Waals surface area contributed by atoms with Crippen LogP contribution in [0.1, 0.15) is 25.3 Å². The van der Waals surface area contributed by atoms with Crippen LogP contribution >= 0.6 is 0 Å². The lowest BCUT2D eigenvalue weighted by Crippen LogP contribution is -2.43. The average Bonchev–Trinajstić information content (AvgIpc) is 2.40. The van der Waals surface area contributed by atoms with Crippen LogP contribution in [0.25, 0.3) is 0 Å². The van der Waals surface area contributed by atoms with E-state index in [1.54, 1.807) is 0 Å². The molecule has 1 amide bonds. The highest BCUT2D eigenvalue weighted by molar-refractivity contribution is 5.81. The number of benzene rings is 1. The van der Waals surface area contributed by atoms with Crippen molar-refractivity contribution < 1.29 is 4.79 Å². The Morgan fingerprint density at radius 1 is 1.37 bits per heavy atom. The Kier molecular flexibility index (Phi) is 7.15. The molecule has 4 heteroatoms. The molecule has 0 spiro atoms. The molecular formula is C15H25N3O. The van der Waals surface area contributed by atoms with Crippen LogP contribution in [-0.4, -0.2) is 37.0 Å². The molecule has 106 valence electrons. The quantitative estimate of drug-likeness (QED) is 0.744. The minimum absolute atomic E-state index is 0.0463. The monoisotopic (exact) mass is 263 g/mol. The fraction of sp³-hybridized carbons (Fsp3) is 0.533. The van der Waals surface area contributed by atoms with E-state index in [-0.39, 0.29) is 11.9 Å². The summed E-state index contributed by atoms with van der Waals surface area (Å²) in [4.78, 5) is 13.8. The van der Waals surface area contributed by atoms with Crippen LogP contribution in [0.3, 0.4) is 0 Å². The Morgan fingerprint density at radius 2 is 2.05 bits per heavy atom. The van der Waals surface area contributed by atoms with Crippen LogP contribution in [-0.2, 0) is 11.3 Å². The van der Waals surface area contributed by atoms with Gasteiger partial charge in [-0.25, -0.2) is 0 Å². The molecule has 0 aliphatic rings. The lowest BCUT2D eigenvalue weighted by molar-refractivity contribution is -0.122. The average molecular weight is 263 g/mol. The van der Waals surface area contributed by atoms with Gasteiger partial charge in [-0.05, 0) is 19.0 Å². The summed E-state index contributed by atoms with van der Waals surface area (Å²) >= 11 is 0. The normalized spacial score (nSPS) is 12.4. The molecule has 0 aliphatic heterocycles. The Bertz CT molecular complexity index is 367. The van der Waals surface area contributed by atoms with Crippen molar-refractivity contribution in [3.8, 4) is 0 Å². The van der Waals surface area contributed by atoms with E-state index in [0.29, 0.717) is 6.54 Å². The Labute approximate surface area is 116 Å². The van der Waals surface area contributed by atoms with Gasteiger partial charge in [0.2, 0.25) is 5.91 Å². The Balaban J connectivity index is 2.20. The number of amides is 1. The van der Waals surface area contributed by atoms with Gasteiger partial charge in [0.1, 0.15) is 0 Å². The highest BCUT2D eigenvalue weighted by atomic mass is 16.2. The van der Waals surface area contributed by atoms with E-state index in [9.17, 15) is 4.79 Å². The predicted molar refractivity (Wildman–Crippen MR) is 78.7 cm³/mol. The molecule has 0 saturated heterocycles. The summed E-state index contributed by atoms with van der Waals surface area (Å²) in [7, 11) is 2.05. The maximum atomic E-state index is 11.6. The third-order valence-electron chi connectivity index (χ3n) is 3.02. The second-order valence-electron chi connectivity index (χ2n) is 4.91. The predicted octanol–water partition coefficient (Wildman–Crippen LogP) is 1.36. The van der Waals surface area contributed by atoms with Gasteiger partial charge in [0.15, 0.2) is 0 Å². The summed E-state index contributed by atoms with van der Waals surface area (Å²) < 4.78 is 0. The topological polar surface area (TPSA) is 58.4 Å². The molecule has 0 aromatic heterocycles. The number of hydrogen-bond acceptors (Lipinski definition) is 3. The molecule has 1 atom stereocenters. The molecule has 1 aromatic rings. The Hall–Kier alpha value is -1.39. The molecular weight excluding hydrogens is 238 g/mol. The summed E-state index contributed by atoms with van der Waals surface area (Å²) in [5, 5.41) is 2.88. The van der Waals surface area contributed by atoms with Crippen LogP contribution in [0.15, 0.2) is 30.3 Å². The van der Waals surface area contributed by atoms with Crippen LogP contribution in [0, 0.1) is 0 Å². The maximum absolute atomic E-state index is 11.6. The van der Waals surface area contributed by atoms with Crippen molar-refractivity contribution >= 4 is 5.91 Å². The lowest BCUT2D eigenvalue weighted by atomic mass is 10.2. The second kappa shape index (κ2) is 8.67. The zero-order valence-electron chi connectivity index (χ0n) is 11.9. The molecule has 4 nitrogen and oxygen atoms in total. The smallest absolute Gasteiger partial charge is 0.236 e. The van der Waals surface area contributed by atoms with Crippen LogP contribution in [0.2, 0.25) is 0 Å². The summed E-state index contributed by atoms with van der Waals surface area (Å²) in [5.41, 5.74) is 7.02. The van der Waals surface area contributed by atoms with E-state index in [1.165, 1.54) is 5.56 Å². The van der Waals surface area contributed by atoms with Gasteiger partial charge in [0.05, 0.1) is 6.04 Å². The molecule has 0 fully saturated rings. The van der Waals surface area contributed by atoms with Gasteiger partial charge in [0.25, 0.3) is 0 Å². The van der Waals surface area contributed by atoms with Gasteiger partial charge in [-0.2, -0.15) is 0 Å². The van der Waals surface area contributed by atoms with Crippen molar-refractivity contribution in [3.63, 3.8) is 0 Å². The fourth-order valence-corrected chi connectivity index (χ4v) is 1.92. The SMILES string of the molecule is CCCC(N)C(=O)NCCN(C)Cc1ccccc1. The van der Waals surface area contributed by atoms with E-state index >= 15 is 0 Å². The van der Waals surface area contributed by atoms with Crippen LogP contribution in [0.5, 0.6) is 0 Å². The van der Waals surface area contributed by atoms with Gasteiger partial charge in [0, 0.05) is 19.6 Å². The lowest BCUT2D eigenvalue weighted by Gasteiger charge is -2.18. The highest BCUT2D eigenvalue weighted by Gasteiger charge is 2.11. The molecule has 0 aliphatic carbocycles. The summed E-state index contributed by atoms with van der Waals surface area (Å²) in [6.07, 6.45) is 1.67. The number of hydrogen-bond donors (Lipinski definition) is 2. The van der Waals surface area contributed by atoms with E-state index < -0.39 is 0 Å². The van der Waals surface area contributed by atoms with Gasteiger partial charge in [-0.15, -0.1) is 0 Å². The largest absolute Gasteiger partial charge is 0.353 e. The molecule has 19 heavy (non-hydrogen) atoms. The molecule has 0 bridgehead atoms. The molecule has 0 radical (unpaired) electrons. The summed E-state index contributed by atoms with van der Waals surface area (Å²) in [6.45, 7) is 4.37. The number of nitrogens with zero attached hydrogens (tertiary/aromatic N) is 1. The molecule has 1 unspecified atom stereocenters. The zero-order chi connectivity index (χ0) is 14.1. The first-order valence-corrected chi connectivity index (χ1v) is 6.89. The number of carbonyl (C=O) groups excluding carboxylic acids is 1. The molecule has 0 saturated carbocycles. The standard InChI is InChI=1S/C15H25N3O/c1-3-7-14(16)15(19)17-10-11-18(2)12-13-8-5-4-6-9-13/h4-6,8-9,14H,3,7,10-12,16H2,1-2H3,(H,17,19). The van der Waals surface area contributed by atoms with E-state index in [4.69, 9.17) is 5.73 Å². The van der Waals surface area contributed by atoms with Crippen molar-refractivity contribution in [2.45, 2.75) is 32.4 Å². The van der Waals surface area contributed by atoms with E-state index in [2.05, 4.69) is 22.3 Å². The van der Waals surface area contributed by atoms with Gasteiger partial charge >= 0.3 is 0 Å². The second-order valence-corrected chi connectivity index (χ2v) is 4.91. The first kappa shape index (κ1) is 15.7. The third-order valence-corrected chi connectivity index (χ3v) is 3.02. The van der Waals surface area contributed by atoms with Crippen molar-refractivity contribution in [2.24, 2.45) is 5.73 Å². The zero-order valence-corrected chi connectivity index (χ0v) is 11.9. The summed E-state index contributed by atoms with van der Waals surface area (Å²) in [6, 6.07) is 9.92. The van der Waals surface area contributed by atoms with Crippen LogP contribution in [0.4, 0.5) is 0 Å². The highest BCUT2D eigenvalue weighted by Crippen LogP contribution is 2.01. The van der Waals surface area contributed by atoms with Crippen LogP contribution < -0.4 is 11.1 Å². The maximum Gasteiger partial charge on any atom is 0.236 e. The van der Waals surface area contributed by atoms with Crippen molar-refractivity contribution in [2.75, 3.05) is 20.1 Å². The molecule has 0 heterocycles. The van der Waals surface area contributed by atoms with E-state index in [1.807, 2.05) is 32.2 Å². The van der Waals surface area contributed by atoms with Crippen molar-refractivity contribution in [1.82, 2.24) is 10.2 Å². The Morgan fingerprint density at radius 3 is 2.68 bits per heavy atom.